The van der Waals surface area contributed by atoms with Crippen molar-refractivity contribution in [2.75, 3.05) is 6.61 Å². The van der Waals surface area contributed by atoms with Gasteiger partial charge in [-0.1, -0.05) is 175 Å². The molecule has 0 saturated heterocycles. The number of unbranched alkanes of at least 4 members (excludes halogenated alkanes) is 23. The highest BCUT2D eigenvalue weighted by Crippen LogP contribution is 2.15. The lowest BCUT2D eigenvalue weighted by atomic mass is 10.0. The highest BCUT2D eigenvalue weighted by atomic mass is 16.5. The summed E-state index contributed by atoms with van der Waals surface area (Å²) in [7, 11) is 0. The van der Waals surface area contributed by atoms with Gasteiger partial charge in [-0.15, -0.1) is 0 Å². The summed E-state index contributed by atoms with van der Waals surface area (Å²) in [4.78, 5) is 11.9. The first-order valence-electron chi connectivity index (χ1n) is 16.3. The van der Waals surface area contributed by atoms with Crippen LogP contribution in [0.4, 0.5) is 0 Å². The van der Waals surface area contributed by atoms with Crippen LogP contribution < -0.4 is 0 Å². The average molecular weight is 495 g/mol. The fraction of sp³-hybridized carbons (Fsp3) is 0.970. The molecular formula is C33H66O2. The van der Waals surface area contributed by atoms with Gasteiger partial charge in [-0.25, -0.2) is 0 Å². The molecule has 0 N–H and O–H groups in total. The molecule has 0 unspecified atom stereocenters. The summed E-state index contributed by atoms with van der Waals surface area (Å²) in [5.74, 6) is 0.895. The third-order valence-electron chi connectivity index (χ3n) is 7.42. The molecule has 0 aliphatic heterocycles. The largest absolute Gasteiger partial charge is 0.466 e. The molecule has 0 aromatic rings. The lowest BCUT2D eigenvalue weighted by molar-refractivity contribution is -0.143. The van der Waals surface area contributed by atoms with E-state index in [1.807, 2.05) is 0 Å². The molecule has 0 amide bonds. The molecule has 2 nitrogen and oxygen atoms in total. The van der Waals surface area contributed by atoms with Crippen LogP contribution >= 0.6 is 0 Å². The van der Waals surface area contributed by atoms with Gasteiger partial charge < -0.3 is 4.74 Å². The molecule has 0 aliphatic rings. The quantitative estimate of drug-likeness (QED) is 0.0763. The van der Waals surface area contributed by atoms with Crippen LogP contribution in [0.2, 0.25) is 0 Å². The SMILES string of the molecule is CCCCCCCCCCCCCCCOC(=O)CCCCCCCCCCCCCCC(C)C. The summed E-state index contributed by atoms with van der Waals surface area (Å²) < 4.78 is 5.42. The van der Waals surface area contributed by atoms with Crippen molar-refractivity contribution < 1.29 is 9.53 Å². The Morgan fingerprint density at radius 1 is 0.486 bits per heavy atom. The van der Waals surface area contributed by atoms with Crippen LogP contribution in [0, 0.1) is 5.92 Å². The Hall–Kier alpha value is -0.530. The molecule has 0 aliphatic carbocycles. The minimum atomic E-state index is 0.0253. The Balaban J connectivity index is 3.15. The van der Waals surface area contributed by atoms with Crippen LogP contribution in [-0.4, -0.2) is 12.6 Å². The molecule has 0 bridgehead atoms. The van der Waals surface area contributed by atoms with Crippen molar-refractivity contribution in [3.63, 3.8) is 0 Å². The molecule has 0 fully saturated rings. The van der Waals surface area contributed by atoms with E-state index in [2.05, 4.69) is 20.8 Å². The summed E-state index contributed by atoms with van der Waals surface area (Å²) in [5.41, 5.74) is 0. The molecule has 0 radical (unpaired) electrons. The van der Waals surface area contributed by atoms with E-state index in [0.29, 0.717) is 13.0 Å². The van der Waals surface area contributed by atoms with Gasteiger partial charge in [-0.2, -0.15) is 0 Å². The van der Waals surface area contributed by atoms with Gasteiger partial charge in [0.05, 0.1) is 6.61 Å². The van der Waals surface area contributed by atoms with Crippen LogP contribution in [0.1, 0.15) is 194 Å². The maximum Gasteiger partial charge on any atom is 0.305 e. The Bertz CT molecular complexity index is 404. The van der Waals surface area contributed by atoms with E-state index in [4.69, 9.17) is 4.74 Å². The smallest absolute Gasteiger partial charge is 0.305 e. The van der Waals surface area contributed by atoms with E-state index in [9.17, 15) is 4.79 Å². The second-order valence-corrected chi connectivity index (χ2v) is 11.6. The summed E-state index contributed by atoms with van der Waals surface area (Å²) in [6, 6.07) is 0. The molecule has 0 saturated carbocycles. The number of hydrogen-bond acceptors (Lipinski definition) is 2. The van der Waals surface area contributed by atoms with Gasteiger partial charge >= 0.3 is 5.97 Å². The first kappa shape index (κ1) is 34.5. The number of esters is 1. The van der Waals surface area contributed by atoms with E-state index in [-0.39, 0.29) is 5.97 Å². The summed E-state index contributed by atoms with van der Waals surface area (Å²) in [5, 5.41) is 0. The zero-order chi connectivity index (χ0) is 25.7. The van der Waals surface area contributed by atoms with E-state index in [1.54, 1.807) is 0 Å². The van der Waals surface area contributed by atoms with Gasteiger partial charge in [0.1, 0.15) is 0 Å². The molecule has 0 heterocycles. The minimum absolute atomic E-state index is 0.0253. The predicted molar refractivity (Wildman–Crippen MR) is 156 cm³/mol. The van der Waals surface area contributed by atoms with Crippen molar-refractivity contribution in [3.05, 3.63) is 0 Å². The van der Waals surface area contributed by atoms with Crippen molar-refractivity contribution in [3.8, 4) is 0 Å². The van der Waals surface area contributed by atoms with Gasteiger partial charge in [-0.3, -0.25) is 4.79 Å². The second-order valence-electron chi connectivity index (χ2n) is 11.6. The molecule has 0 rings (SSSR count). The molecule has 210 valence electrons. The monoisotopic (exact) mass is 495 g/mol. The van der Waals surface area contributed by atoms with Crippen molar-refractivity contribution >= 4 is 5.97 Å². The first-order chi connectivity index (χ1) is 17.2. The van der Waals surface area contributed by atoms with Gasteiger partial charge in [0, 0.05) is 6.42 Å². The molecule has 2 heteroatoms. The van der Waals surface area contributed by atoms with Gasteiger partial charge in [0.2, 0.25) is 0 Å². The van der Waals surface area contributed by atoms with E-state index < -0.39 is 0 Å². The number of carbonyl (C=O) groups is 1. The molecule has 0 spiro atoms. The third kappa shape index (κ3) is 31.4. The highest BCUT2D eigenvalue weighted by Gasteiger charge is 2.03. The van der Waals surface area contributed by atoms with Crippen LogP contribution in [-0.2, 0) is 9.53 Å². The van der Waals surface area contributed by atoms with Gasteiger partial charge in [0.15, 0.2) is 0 Å². The summed E-state index contributed by atoms with van der Waals surface area (Å²) >= 11 is 0. The first-order valence-corrected chi connectivity index (χ1v) is 16.3. The van der Waals surface area contributed by atoms with E-state index in [1.165, 1.54) is 154 Å². The molecule has 0 aromatic carbocycles. The highest BCUT2D eigenvalue weighted by molar-refractivity contribution is 5.69. The Morgan fingerprint density at radius 3 is 1.23 bits per heavy atom. The number of rotatable bonds is 29. The van der Waals surface area contributed by atoms with Crippen LogP contribution in [0.3, 0.4) is 0 Å². The second kappa shape index (κ2) is 29.7. The number of carbonyl (C=O) groups excluding carboxylic acids is 1. The summed E-state index contributed by atoms with van der Waals surface area (Å²) in [6.45, 7) is 7.57. The average Bonchev–Trinajstić information content (AvgIpc) is 2.84. The molecular weight excluding hydrogens is 428 g/mol. The van der Waals surface area contributed by atoms with Gasteiger partial charge in [0.25, 0.3) is 0 Å². The fourth-order valence-electron chi connectivity index (χ4n) is 4.97. The minimum Gasteiger partial charge on any atom is -0.466 e. The van der Waals surface area contributed by atoms with E-state index >= 15 is 0 Å². The van der Waals surface area contributed by atoms with Crippen molar-refractivity contribution in [2.45, 2.75) is 194 Å². The van der Waals surface area contributed by atoms with Crippen LogP contribution in [0.15, 0.2) is 0 Å². The van der Waals surface area contributed by atoms with Crippen LogP contribution in [0.25, 0.3) is 0 Å². The molecule has 0 atom stereocenters. The van der Waals surface area contributed by atoms with E-state index in [0.717, 1.165) is 18.8 Å². The van der Waals surface area contributed by atoms with Crippen molar-refractivity contribution in [1.82, 2.24) is 0 Å². The number of ether oxygens (including phenoxy) is 1. The molecule has 0 aromatic heterocycles. The van der Waals surface area contributed by atoms with Crippen molar-refractivity contribution in [1.29, 1.82) is 0 Å². The zero-order valence-corrected chi connectivity index (χ0v) is 24.7. The normalized spacial score (nSPS) is 11.4. The summed E-state index contributed by atoms with van der Waals surface area (Å²) in [6.07, 6.45) is 35.7. The standard InChI is InChI=1S/C33H66O2/c1-4-5-6-7-8-9-10-13-16-19-22-25-28-31-35-33(34)30-27-24-21-18-15-12-11-14-17-20-23-26-29-32(2)3/h32H,4-31H2,1-3H3. The maximum atomic E-state index is 11.9. The van der Waals surface area contributed by atoms with Crippen LogP contribution in [0.5, 0.6) is 0 Å². The Kier molecular flexibility index (Phi) is 29.2. The topological polar surface area (TPSA) is 26.3 Å². The van der Waals surface area contributed by atoms with Gasteiger partial charge in [-0.05, 0) is 18.8 Å². The number of hydrogen-bond donors (Lipinski definition) is 0. The third-order valence-corrected chi connectivity index (χ3v) is 7.42. The maximum absolute atomic E-state index is 11.9. The fourth-order valence-corrected chi connectivity index (χ4v) is 4.97. The lowest BCUT2D eigenvalue weighted by Crippen LogP contribution is -2.05. The Morgan fingerprint density at radius 2 is 0.829 bits per heavy atom. The lowest BCUT2D eigenvalue weighted by Gasteiger charge is -2.06. The zero-order valence-electron chi connectivity index (χ0n) is 24.7. The van der Waals surface area contributed by atoms with Crippen molar-refractivity contribution in [2.24, 2.45) is 5.92 Å². The predicted octanol–water partition coefficient (Wildman–Crippen LogP) is 11.7. The Labute approximate surface area is 222 Å². The molecule has 35 heavy (non-hydrogen) atoms.